The molecule has 0 aromatic rings. The van der Waals surface area contributed by atoms with E-state index in [2.05, 4.69) is 6.92 Å². The number of rotatable bonds is 4. The molecule has 7 unspecified atom stereocenters. The predicted octanol–water partition coefficient (Wildman–Crippen LogP) is 4.34. The van der Waals surface area contributed by atoms with Crippen LogP contribution in [-0.2, 0) is 9.59 Å². The molecule has 7 heteroatoms. The van der Waals surface area contributed by atoms with Crippen molar-refractivity contribution in [1.29, 1.82) is 0 Å². The van der Waals surface area contributed by atoms with Crippen molar-refractivity contribution in [3.8, 4) is 0 Å². The molecule has 4 aliphatic carbocycles. The summed E-state index contributed by atoms with van der Waals surface area (Å²) in [5.41, 5.74) is -1.27. The molecule has 7 atom stereocenters. The minimum Gasteiger partial charge on any atom is -0.393 e. The number of thiocarbonyl (C=S) groups is 1. The predicted molar refractivity (Wildman–Crippen MR) is 131 cm³/mol. The normalized spacial score (nSPS) is 43.6. The van der Waals surface area contributed by atoms with Gasteiger partial charge < -0.3 is 10.2 Å². The van der Waals surface area contributed by atoms with Crippen LogP contribution in [0.2, 0.25) is 0 Å². The van der Waals surface area contributed by atoms with Gasteiger partial charge >= 0.3 is 0 Å². The summed E-state index contributed by atoms with van der Waals surface area (Å²) in [4.78, 5) is 25.2. The average Bonchev–Trinajstić information content (AvgIpc) is 2.98. The first kappa shape index (κ1) is 23.7. The van der Waals surface area contributed by atoms with Crippen LogP contribution >= 0.6 is 35.7 Å². The topological polar surface area (TPSA) is 74.6 Å². The highest BCUT2D eigenvalue weighted by molar-refractivity contribution is 8.47. The van der Waals surface area contributed by atoms with Crippen LogP contribution in [0, 0.1) is 28.6 Å². The largest absolute Gasteiger partial charge is 0.393 e. The lowest BCUT2D eigenvalue weighted by Crippen LogP contribution is -2.61. The van der Waals surface area contributed by atoms with Gasteiger partial charge in [0.25, 0.3) is 0 Å². The SMILES string of the molecule is CCSC(=S)SCC(=O)C1(O)CCC2C3CCC4=CC(=O)C=CC4(C)C3C(O)CC21C. The van der Waals surface area contributed by atoms with Crippen LogP contribution in [0.3, 0.4) is 0 Å². The zero-order chi connectivity index (χ0) is 22.6. The van der Waals surface area contributed by atoms with Gasteiger partial charge in [-0.2, -0.15) is 0 Å². The molecule has 0 aromatic heterocycles. The van der Waals surface area contributed by atoms with Gasteiger partial charge in [0, 0.05) is 16.7 Å². The second-order valence-electron chi connectivity index (χ2n) is 10.0. The van der Waals surface area contributed by atoms with Gasteiger partial charge in [0.1, 0.15) is 9.13 Å². The van der Waals surface area contributed by atoms with E-state index in [1.54, 1.807) is 23.9 Å². The van der Waals surface area contributed by atoms with Crippen molar-refractivity contribution >= 4 is 50.8 Å². The number of allylic oxidation sites excluding steroid dienone is 4. The van der Waals surface area contributed by atoms with E-state index in [9.17, 15) is 19.8 Å². The van der Waals surface area contributed by atoms with Crippen LogP contribution < -0.4 is 0 Å². The maximum absolute atomic E-state index is 13.3. The second kappa shape index (κ2) is 8.39. The molecule has 3 saturated carbocycles. The molecular formula is C24H32O4S3. The molecule has 2 N–H and O–H groups in total. The summed E-state index contributed by atoms with van der Waals surface area (Å²) in [6.45, 7) is 6.18. The van der Waals surface area contributed by atoms with Crippen molar-refractivity contribution < 1.29 is 19.8 Å². The minimum atomic E-state index is -1.42. The molecule has 4 aliphatic rings. The number of thioether (sulfide) groups is 2. The number of hydrogen-bond donors (Lipinski definition) is 2. The Morgan fingerprint density at radius 1 is 1.29 bits per heavy atom. The summed E-state index contributed by atoms with van der Waals surface area (Å²) in [7, 11) is 0. The zero-order valence-corrected chi connectivity index (χ0v) is 20.9. The van der Waals surface area contributed by atoms with Crippen LogP contribution in [0.25, 0.3) is 0 Å². The number of fused-ring (bicyclic) bond motifs is 5. The first-order valence-corrected chi connectivity index (χ1v) is 13.6. The Labute approximate surface area is 198 Å². The maximum Gasteiger partial charge on any atom is 0.178 e. The monoisotopic (exact) mass is 480 g/mol. The Balaban J connectivity index is 1.60. The Bertz CT molecular complexity index is 867. The standard InChI is InChI=1S/C24H32O4S3/c1-4-30-21(29)31-13-19(27)24(28)10-8-17-16-6-5-14-11-15(25)7-9-22(14,2)20(16)18(26)12-23(17,24)3/h7,9,11,16-18,20,26,28H,4-6,8,10,12-13H2,1-3H3. The third-order valence-electron chi connectivity index (χ3n) is 8.69. The van der Waals surface area contributed by atoms with Crippen LogP contribution in [-0.4, -0.2) is 48.5 Å². The Kier molecular flexibility index (Phi) is 6.41. The third-order valence-corrected chi connectivity index (χ3v) is 11.3. The van der Waals surface area contributed by atoms with Gasteiger partial charge in [-0.15, -0.1) is 11.8 Å². The molecule has 0 bridgehead atoms. The number of aliphatic hydroxyl groups excluding tert-OH is 1. The first-order valence-electron chi connectivity index (χ1n) is 11.2. The van der Waals surface area contributed by atoms with E-state index in [1.807, 2.05) is 19.9 Å². The molecule has 0 saturated heterocycles. The van der Waals surface area contributed by atoms with Gasteiger partial charge in [-0.1, -0.05) is 56.4 Å². The maximum atomic E-state index is 13.3. The molecule has 0 spiro atoms. The fourth-order valence-corrected chi connectivity index (χ4v) is 9.31. The van der Waals surface area contributed by atoms with Crippen molar-refractivity contribution in [2.24, 2.45) is 28.6 Å². The number of aliphatic hydroxyl groups is 2. The molecule has 4 nitrogen and oxygen atoms in total. The molecule has 0 aliphatic heterocycles. The average molecular weight is 481 g/mol. The highest BCUT2D eigenvalue weighted by Crippen LogP contribution is 2.67. The van der Waals surface area contributed by atoms with Crippen LogP contribution in [0.15, 0.2) is 23.8 Å². The van der Waals surface area contributed by atoms with Crippen LogP contribution in [0.4, 0.5) is 0 Å². The molecule has 0 aromatic carbocycles. The number of carbonyl (C=O) groups is 2. The Hall–Kier alpha value is -0.470. The molecular weight excluding hydrogens is 448 g/mol. The van der Waals surface area contributed by atoms with E-state index >= 15 is 0 Å². The lowest BCUT2D eigenvalue weighted by atomic mass is 9.46. The van der Waals surface area contributed by atoms with Gasteiger partial charge in [-0.25, -0.2) is 0 Å². The summed E-state index contributed by atoms with van der Waals surface area (Å²) < 4.78 is 0.737. The molecule has 170 valence electrons. The molecule has 0 radical (unpaired) electrons. The van der Waals surface area contributed by atoms with Crippen LogP contribution in [0.5, 0.6) is 0 Å². The van der Waals surface area contributed by atoms with E-state index in [4.69, 9.17) is 12.2 Å². The fraction of sp³-hybridized carbons (Fsp3) is 0.708. The van der Waals surface area contributed by atoms with Gasteiger partial charge in [-0.05, 0) is 61.8 Å². The summed E-state index contributed by atoms with van der Waals surface area (Å²) in [6, 6.07) is 0. The lowest BCUT2D eigenvalue weighted by molar-refractivity contribution is -0.174. The van der Waals surface area contributed by atoms with Crippen molar-refractivity contribution in [1.82, 2.24) is 0 Å². The van der Waals surface area contributed by atoms with E-state index in [0.29, 0.717) is 12.8 Å². The number of carbonyl (C=O) groups excluding carboxylic acids is 2. The fourth-order valence-electron chi connectivity index (χ4n) is 7.19. The molecule has 4 rings (SSSR count). The van der Waals surface area contributed by atoms with E-state index in [1.165, 1.54) is 11.8 Å². The molecule has 0 amide bonds. The van der Waals surface area contributed by atoms with Crippen LogP contribution in [0.1, 0.15) is 52.9 Å². The highest BCUT2D eigenvalue weighted by atomic mass is 32.2. The third kappa shape index (κ3) is 3.63. The lowest BCUT2D eigenvalue weighted by Gasteiger charge is -2.59. The van der Waals surface area contributed by atoms with E-state index in [-0.39, 0.29) is 40.5 Å². The zero-order valence-electron chi connectivity index (χ0n) is 18.4. The summed E-state index contributed by atoms with van der Waals surface area (Å²) in [5, 5.41) is 23.1. The molecule has 3 fully saturated rings. The summed E-state index contributed by atoms with van der Waals surface area (Å²) in [6.07, 6.45) is 8.12. The quantitative estimate of drug-likeness (QED) is 0.580. The van der Waals surface area contributed by atoms with Crippen molar-refractivity contribution in [2.45, 2.75) is 64.6 Å². The van der Waals surface area contributed by atoms with Crippen molar-refractivity contribution in [3.63, 3.8) is 0 Å². The second-order valence-corrected chi connectivity index (χ2v) is 13.4. The summed E-state index contributed by atoms with van der Waals surface area (Å²) >= 11 is 8.20. The van der Waals surface area contributed by atoms with E-state index < -0.39 is 17.1 Å². The molecule has 0 heterocycles. The Morgan fingerprint density at radius 2 is 2.03 bits per heavy atom. The van der Waals surface area contributed by atoms with Gasteiger partial charge in [0.15, 0.2) is 11.6 Å². The number of hydrogen-bond acceptors (Lipinski definition) is 7. The first-order chi connectivity index (χ1) is 14.6. The number of Topliss-reactive ketones (excluding diaryl/α,β-unsaturated/α-hetero) is 1. The van der Waals surface area contributed by atoms with Crippen molar-refractivity contribution in [2.75, 3.05) is 11.5 Å². The minimum absolute atomic E-state index is 0.00952. The smallest absolute Gasteiger partial charge is 0.178 e. The highest BCUT2D eigenvalue weighted by Gasteiger charge is 2.67. The molecule has 31 heavy (non-hydrogen) atoms. The summed E-state index contributed by atoms with van der Waals surface area (Å²) in [5.74, 6) is 1.34. The van der Waals surface area contributed by atoms with Gasteiger partial charge in [-0.3, -0.25) is 9.59 Å². The number of ketones is 2. The van der Waals surface area contributed by atoms with Crippen molar-refractivity contribution in [3.05, 3.63) is 23.8 Å². The van der Waals surface area contributed by atoms with Gasteiger partial charge in [0.2, 0.25) is 0 Å². The van der Waals surface area contributed by atoms with E-state index in [0.717, 1.165) is 34.1 Å². The van der Waals surface area contributed by atoms with Gasteiger partial charge in [0.05, 0.1) is 11.9 Å². The Morgan fingerprint density at radius 3 is 2.74 bits per heavy atom.